The Morgan fingerprint density at radius 3 is 1.84 bits per heavy atom. The van der Waals surface area contributed by atoms with Crippen molar-refractivity contribution in [2.45, 2.75) is 26.8 Å². The summed E-state index contributed by atoms with van der Waals surface area (Å²) >= 11 is 0. The highest BCUT2D eigenvalue weighted by atomic mass is 16.4. The van der Waals surface area contributed by atoms with Gasteiger partial charge in [0.2, 0.25) is 0 Å². The summed E-state index contributed by atoms with van der Waals surface area (Å²) in [6, 6.07) is 18.1. The molecule has 0 spiro atoms. The quantitative estimate of drug-likeness (QED) is 0.353. The van der Waals surface area contributed by atoms with Crippen LogP contribution >= 0.6 is 0 Å². The van der Waals surface area contributed by atoms with Gasteiger partial charge in [-0.3, -0.25) is 9.98 Å². The van der Waals surface area contributed by atoms with Gasteiger partial charge in [0.05, 0.1) is 23.7 Å². The Balaban J connectivity index is 1.56. The van der Waals surface area contributed by atoms with Crippen molar-refractivity contribution in [1.29, 1.82) is 0 Å². The average molecular weight is 414 g/mol. The number of hydrogen-bond acceptors (Lipinski definition) is 6. The first kappa shape index (κ1) is 20.5. The maximum Gasteiger partial charge on any atom is 0.345 e. The fourth-order valence-electron chi connectivity index (χ4n) is 3.42. The Hall–Kier alpha value is -3.80. The second-order valence-corrected chi connectivity index (χ2v) is 7.46. The highest BCUT2D eigenvalue weighted by molar-refractivity contribution is 6.01. The molecule has 0 aliphatic heterocycles. The van der Waals surface area contributed by atoms with Gasteiger partial charge in [0.25, 0.3) is 0 Å². The molecule has 0 unspecified atom stereocenters. The summed E-state index contributed by atoms with van der Waals surface area (Å²) in [6.07, 6.45) is 0. The largest absolute Gasteiger partial charge is 0.422 e. The van der Waals surface area contributed by atoms with Crippen molar-refractivity contribution in [2.75, 3.05) is 6.54 Å². The zero-order valence-electron chi connectivity index (χ0n) is 17.6. The van der Waals surface area contributed by atoms with Crippen LogP contribution < -0.4 is 11.3 Å². The number of fused-ring (bicyclic) bond motifs is 2. The van der Waals surface area contributed by atoms with Crippen molar-refractivity contribution < 1.29 is 8.83 Å². The topological polar surface area (TPSA) is 85.1 Å². The Bertz CT molecular complexity index is 1440. The molecule has 0 bridgehead atoms. The van der Waals surface area contributed by atoms with Gasteiger partial charge in [-0.1, -0.05) is 36.4 Å². The molecule has 0 N–H and O–H groups in total. The molecular formula is C25H22N2O4. The molecule has 156 valence electrons. The molecule has 2 aromatic carbocycles. The number of nitrogens with zero attached hydrogens (tertiary/aromatic N) is 2. The minimum atomic E-state index is -0.416. The van der Waals surface area contributed by atoms with Crippen molar-refractivity contribution in [2.24, 2.45) is 9.98 Å². The molecule has 0 radical (unpaired) electrons. The van der Waals surface area contributed by atoms with Gasteiger partial charge in [-0.15, -0.1) is 0 Å². The lowest BCUT2D eigenvalue weighted by Gasteiger charge is -2.08. The zero-order valence-corrected chi connectivity index (χ0v) is 17.6. The predicted molar refractivity (Wildman–Crippen MR) is 124 cm³/mol. The van der Waals surface area contributed by atoms with Gasteiger partial charge < -0.3 is 8.83 Å². The molecule has 0 fully saturated rings. The first-order valence-corrected chi connectivity index (χ1v) is 10.0. The van der Waals surface area contributed by atoms with Gasteiger partial charge in [-0.25, -0.2) is 9.59 Å². The summed E-state index contributed by atoms with van der Waals surface area (Å²) < 4.78 is 10.8. The van der Waals surface area contributed by atoms with E-state index in [1.54, 1.807) is 38.1 Å². The molecule has 4 aromatic rings. The van der Waals surface area contributed by atoms with Crippen molar-refractivity contribution in [3.05, 3.63) is 92.6 Å². The van der Waals surface area contributed by atoms with Crippen molar-refractivity contribution >= 4 is 33.4 Å². The van der Waals surface area contributed by atoms with Crippen LogP contribution in [0.25, 0.3) is 21.9 Å². The Labute approximate surface area is 178 Å². The van der Waals surface area contributed by atoms with E-state index in [1.165, 1.54) is 0 Å². The number of aliphatic imine (C=N–C) groups is 2. The van der Waals surface area contributed by atoms with E-state index in [2.05, 4.69) is 9.98 Å². The van der Waals surface area contributed by atoms with Crippen LogP contribution in [-0.2, 0) is 0 Å². The zero-order chi connectivity index (χ0) is 22.0. The third-order valence-corrected chi connectivity index (χ3v) is 5.07. The van der Waals surface area contributed by atoms with E-state index in [4.69, 9.17) is 8.83 Å². The van der Waals surface area contributed by atoms with E-state index >= 15 is 0 Å². The molecule has 0 saturated heterocycles. The molecule has 0 aliphatic carbocycles. The van der Waals surface area contributed by atoms with E-state index in [0.29, 0.717) is 40.3 Å². The van der Waals surface area contributed by atoms with E-state index in [0.717, 1.165) is 10.8 Å². The number of hydrogen-bond donors (Lipinski definition) is 0. The normalized spacial score (nSPS) is 13.6. The minimum absolute atomic E-state index is 0.187. The van der Waals surface area contributed by atoms with Crippen LogP contribution in [0.1, 0.15) is 31.9 Å². The summed E-state index contributed by atoms with van der Waals surface area (Å²) in [5.41, 5.74) is 2.30. The van der Waals surface area contributed by atoms with Crippen LogP contribution in [0.4, 0.5) is 0 Å². The van der Waals surface area contributed by atoms with Gasteiger partial charge in [-0.05, 0) is 45.0 Å². The molecule has 2 aromatic heterocycles. The molecule has 4 rings (SSSR count). The molecule has 31 heavy (non-hydrogen) atoms. The Morgan fingerprint density at radius 1 is 0.806 bits per heavy atom. The fraction of sp³-hybridized carbons (Fsp3) is 0.200. The van der Waals surface area contributed by atoms with Crippen LogP contribution in [0.3, 0.4) is 0 Å². The molecule has 0 aliphatic rings. The summed E-state index contributed by atoms with van der Waals surface area (Å²) in [7, 11) is 0. The standard InChI is InChI=1S/C25H22N2O4/c1-15(27-17(3)21-13-19-9-5-7-11-23(19)31-25(21)29)14-26-16(2)20-12-18-8-4-6-10-22(18)30-24(20)28/h4-13,15H,14H2,1-3H3/t15-/m1/s1. The predicted octanol–water partition coefficient (Wildman–Crippen LogP) is 4.61. The molecule has 2 heterocycles. The van der Waals surface area contributed by atoms with Crippen LogP contribution in [0.5, 0.6) is 0 Å². The summed E-state index contributed by atoms with van der Waals surface area (Å²) in [6.45, 7) is 5.84. The fourth-order valence-corrected chi connectivity index (χ4v) is 3.42. The number of rotatable bonds is 5. The number of para-hydroxylation sites is 2. The lowest BCUT2D eigenvalue weighted by molar-refractivity contribution is 0.558. The molecular weight excluding hydrogens is 392 g/mol. The van der Waals surface area contributed by atoms with Crippen LogP contribution in [0.2, 0.25) is 0 Å². The molecule has 0 amide bonds. The first-order chi connectivity index (χ1) is 14.9. The van der Waals surface area contributed by atoms with Crippen LogP contribution in [-0.4, -0.2) is 24.0 Å². The summed E-state index contributed by atoms with van der Waals surface area (Å²) in [4.78, 5) is 33.8. The van der Waals surface area contributed by atoms with E-state index in [1.807, 2.05) is 43.3 Å². The smallest absolute Gasteiger partial charge is 0.345 e. The van der Waals surface area contributed by atoms with Gasteiger partial charge in [0.15, 0.2) is 0 Å². The van der Waals surface area contributed by atoms with Gasteiger partial charge >= 0.3 is 11.3 Å². The third-order valence-electron chi connectivity index (χ3n) is 5.07. The van der Waals surface area contributed by atoms with Gasteiger partial charge in [-0.2, -0.15) is 0 Å². The first-order valence-electron chi connectivity index (χ1n) is 10.0. The van der Waals surface area contributed by atoms with Crippen LogP contribution in [0.15, 0.2) is 89.1 Å². The van der Waals surface area contributed by atoms with E-state index < -0.39 is 11.3 Å². The minimum Gasteiger partial charge on any atom is -0.422 e. The lowest BCUT2D eigenvalue weighted by atomic mass is 10.1. The molecule has 6 nitrogen and oxygen atoms in total. The molecule has 1 atom stereocenters. The highest BCUT2D eigenvalue weighted by Gasteiger charge is 2.11. The maximum absolute atomic E-state index is 12.3. The summed E-state index contributed by atoms with van der Waals surface area (Å²) in [5, 5.41) is 1.69. The lowest BCUT2D eigenvalue weighted by Crippen LogP contribution is -2.17. The SMILES string of the molecule is CC(=NC[C@@H](C)N=C(C)c1cc2ccccc2oc1=O)c1cc2ccccc2oc1=O. The average Bonchev–Trinajstić information content (AvgIpc) is 2.76. The van der Waals surface area contributed by atoms with E-state index in [9.17, 15) is 9.59 Å². The van der Waals surface area contributed by atoms with Gasteiger partial charge in [0.1, 0.15) is 11.2 Å². The van der Waals surface area contributed by atoms with Crippen LogP contribution in [0, 0.1) is 0 Å². The van der Waals surface area contributed by atoms with Gasteiger partial charge in [0, 0.05) is 22.2 Å². The van der Waals surface area contributed by atoms with Crippen molar-refractivity contribution in [3.8, 4) is 0 Å². The third kappa shape index (κ3) is 4.38. The monoisotopic (exact) mass is 414 g/mol. The Morgan fingerprint density at radius 2 is 1.29 bits per heavy atom. The Kier molecular flexibility index (Phi) is 5.62. The molecule has 6 heteroatoms. The highest BCUT2D eigenvalue weighted by Crippen LogP contribution is 2.14. The van der Waals surface area contributed by atoms with Crippen molar-refractivity contribution in [3.63, 3.8) is 0 Å². The second-order valence-electron chi connectivity index (χ2n) is 7.46. The number of benzene rings is 2. The maximum atomic E-state index is 12.3. The summed E-state index contributed by atoms with van der Waals surface area (Å²) in [5.74, 6) is 0. The molecule has 0 saturated carbocycles. The van der Waals surface area contributed by atoms with E-state index in [-0.39, 0.29) is 6.04 Å². The second kappa shape index (κ2) is 8.52. The van der Waals surface area contributed by atoms with Crippen molar-refractivity contribution in [1.82, 2.24) is 0 Å².